The Morgan fingerprint density at radius 1 is 1.06 bits per heavy atom. The van der Waals surface area contributed by atoms with E-state index in [1.54, 1.807) is 4.90 Å². The molecule has 1 aromatic carbocycles. The van der Waals surface area contributed by atoms with Gasteiger partial charge < -0.3 is 14.5 Å². The zero-order valence-electron chi connectivity index (χ0n) is 17.8. The monoisotopic (exact) mass is 438 g/mol. The first-order valence-corrected chi connectivity index (χ1v) is 11.1. The Bertz CT molecular complexity index is 1200. The van der Waals surface area contributed by atoms with Crippen LogP contribution in [0.3, 0.4) is 0 Å². The first-order chi connectivity index (χ1) is 15.4. The maximum atomic E-state index is 13.8. The number of nitrogens with zero attached hydrogens (tertiary/aromatic N) is 4. The van der Waals surface area contributed by atoms with E-state index in [4.69, 9.17) is 4.74 Å². The lowest BCUT2D eigenvalue weighted by Crippen LogP contribution is -2.50. The minimum absolute atomic E-state index is 0.0533. The fraction of sp³-hybridized carbons (Fsp3) is 0.417. The van der Waals surface area contributed by atoms with Crippen LogP contribution in [-0.2, 0) is 9.53 Å². The molecular formula is C24H24F2N4O2. The number of anilines is 1. The van der Waals surface area contributed by atoms with Crippen LogP contribution >= 0.6 is 0 Å². The Hall–Kier alpha value is -3.00. The van der Waals surface area contributed by atoms with Crippen molar-refractivity contribution in [1.29, 1.82) is 0 Å². The highest BCUT2D eigenvalue weighted by Crippen LogP contribution is 2.48. The lowest BCUT2D eigenvalue weighted by atomic mass is 9.89. The third kappa shape index (κ3) is 2.92. The van der Waals surface area contributed by atoms with Gasteiger partial charge in [-0.2, -0.15) is 5.10 Å². The zero-order chi connectivity index (χ0) is 22.0. The number of aryl methyl sites for hydroxylation is 1. The van der Waals surface area contributed by atoms with Crippen LogP contribution in [0.15, 0.2) is 42.5 Å². The second-order valence-corrected chi connectivity index (χ2v) is 9.07. The molecule has 2 aromatic heterocycles. The van der Waals surface area contributed by atoms with E-state index in [2.05, 4.69) is 10.00 Å². The van der Waals surface area contributed by atoms with Crippen LogP contribution in [0.25, 0.3) is 5.52 Å². The molecule has 3 aliphatic rings. The molecule has 3 saturated heterocycles. The van der Waals surface area contributed by atoms with E-state index in [1.165, 1.54) is 12.1 Å². The topological polar surface area (TPSA) is 50.1 Å². The van der Waals surface area contributed by atoms with E-state index >= 15 is 0 Å². The third-order valence-corrected chi connectivity index (χ3v) is 7.07. The second kappa shape index (κ2) is 7.00. The van der Waals surface area contributed by atoms with Gasteiger partial charge in [-0.05, 0) is 55.7 Å². The molecular weight excluding hydrogens is 414 g/mol. The van der Waals surface area contributed by atoms with Gasteiger partial charge in [0.05, 0.1) is 17.3 Å². The number of ether oxygens (including phenoxy) is 1. The molecule has 3 fully saturated rings. The van der Waals surface area contributed by atoms with E-state index in [1.807, 2.05) is 35.7 Å². The van der Waals surface area contributed by atoms with Crippen molar-refractivity contribution in [1.82, 2.24) is 14.5 Å². The predicted molar refractivity (Wildman–Crippen MR) is 114 cm³/mol. The number of rotatable bonds is 2. The Kier molecular flexibility index (Phi) is 4.30. The maximum Gasteiger partial charge on any atom is 0.257 e. The normalized spacial score (nSPS) is 24.7. The van der Waals surface area contributed by atoms with Crippen LogP contribution in [-0.4, -0.2) is 45.3 Å². The van der Waals surface area contributed by atoms with Crippen LogP contribution in [0.1, 0.15) is 43.0 Å². The molecule has 2 atom stereocenters. The number of aromatic nitrogens is 2. The Morgan fingerprint density at radius 2 is 1.81 bits per heavy atom. The third-order valence-electron chi connectivity index (χ3n) is 7.07. The van der Waals surface area contributed by atoms with Gasteiger partial charge in [-0.3, -0.25) is 4.79 Å². The van der Waals surface area contributed by atoms with Crippen molar-refractivity contribution in [3.05, 3.63) is 65.4 Å². The summed E-state index contributed by atoms with van der Waals surface area (Å²) in [5.41, 5.74) is 1.64. The molecule has 3 aliphatic heterocycles. The van der Waals surface area contributed by atoms with Gasteiger partial charge in [0.2, 0.25) is 0 Å². The zero-order valence-corrected chi connectivity index (χ0v) is 17.8. The molecule has 0 radical (unpaired) electrons. The molecule has 0 bridgehead atoms. The number of halogens is 2. The number of piperidine rings is 1. The quantitative estimate of drug-likeness (QED) is 0.607. The van der Waals surface area contributed by atoms with Crippen molar-refractivity contribution in [3.63, 3.8) is 0 Å². The smallest absolute Gasteiger partial charge is 0.257 e. The van der Waals surface area contributed by atoms with Gasteiger partial charge in [0.25, 0.3) is 5.91 Å². The van der Waals surface area contributed by atoms with Crippen molar-refractivity contribution in [3.8, 4) is 0 Å². The van der Waals surface area contributed by atoms with Crippen LogP contribution in [0.2, 0.25) is 0 Å². The fourth-order valence-corrected chi connectivity index (χ4v) is 5.60. The molecule has 0 unspecified atom stereocenters. The van der Waals surface area contributed by atoms with Crippen molar-refractivity contribution < 1.29 is 18.3 Å². The number of amides is 1. The molecule has 1 spiro atoms. The number of carbonyl (C=O) groups is 1. The van der Waals surface area contributed by atoms with Gasteiger partial charge >= 0.3 is 0 Å². The summed E-state index contributed by atoms with van der Waals surface area (Å²) in [5.74, 6) is -0.295. The van der Waals surface area contributed by atoms with E-state index in [0.717, 1.165) is 23.1 Å². The lowest BCUT2D eigenvalue weighted by Gasteiger charge is -2.38. The van der Waals surface area contributed by atoms with Crippen molar-refractivity contribution in [2.45, 2.75) is 50.5 Å². The summed E-state index contributed by atoms with van der Waals surface area (Å²) >= 11 is 0. The average molecular weight is 438 g/mol. The molecule has 1 amide bonds. The highest BCUT2D eigenvalue weighted by Gasteiger charge is 2.58. The summed E-state index contributed by atoms with van der Waals surface area (Å²) in [6.45, 7) is 3.31. The summed E-state index contributed by atoms with van der Waals surface area (Å²) in [4.78, 5) is 17.5. The summed E-state index contributed by atoms with van der Waals surface area (Å²) < 4.78 is 35.9. The number of carbonyl (C=O) groups excluding carboxylic acids is 1. The largest absolute Gasteiger partial charge is 0.356 e. The number of fused-ring (bicyclic) bond motifs is 2. The molecule has 8 heteroatoms. The number of benzene rings is 1. The summed E-state index contributed by atoms with van der Waals surface area (Å²) in [7, 11) is 0. The number of hydrogen-bond donors (Lipinski definition) is 0. The fourth-order valence-electron chi connectivity index (χ4n) is 5.60. The van der Waals surface area contributed by atoms with Gasteiger partial charge in [0.1, 0.15) is 23.7 Å². The molecule has 166 valence electrons. The second-order valence-electron chi connectivity index (χ2n) is 9.07. The highest BCUT2D eigenvalue weighted by molar-refractivity contribution is 5.88. The van der Waals surface area contributed by atoms with Gasteiger partial charge in [0.15, 0.2) is 5.60 Å². The molecule has 6 rings (SSSR count). The molecule has 6 nitrogen and oxygen atoms in total. The lowest BCUT2D eigenvalue weighted by molar-refractivity contribution is -0.140. The molecule has 5 heterocycles. The predicted octanol–water partition coefficient (Wildman–Crippen LogP) is 3.98. The van der Waals surface area contributed by atoms with E-state index in [0.29, 0.717) is 44.3 Å². The number of hydrogen-bond acceptors (Lipinski definition) is 4. The van der Waals surface area contributed by atoms with Crippen LogP contribution < -0.4 is 4.90 Å². The first-order valence-electron chi connectivity index (χ1n) is 11.1. The van der Waals surface area contributed by atoms with Gasteiger partial charge in [-0.15, -0.1) is 0 Å². The van der Waals surface area contributed by atoms with Gasteiger partial charge in [-0.25, -0.2) is 13.3 Å². The average Bonchev–Trinajstić information content (AvgIpc) is 3.41. The molecule has 3 aromatic rings. The molecule has 32 heavy (non-hydrogen) atoms. The summed E-state index contributed by atoms with van der Waals surface area (Å²) in [6, 6.07) is 11.3. The minimum atomic E-state index is -0.861. The summed E-state index contributed by atoms with van der Waals surface area (Å²) in [5, 5.41) is 4.60. The SMILES string of the molecule is Cc1cc2cccc(N3CCC4(CC3)O[C@@H]3CC[C@@H](c5cc(F)cc(F)c5)N3C4=O)n2n1. The van der Waals surface area contributed by atoms with Crippen LogP contribution in [0.4, 0.5) is 14.6 Å². The molecule has 0 saturated carbocycles. The van der Waals surface area contributed by atoms with Crippen molar-refractivity contribution >= 4 is 17.2 Å². The van der Waals surface area contributed by atoms with Gasteiger partial charge in [-0.1, -0.05) is 6.07 Å². The molecule has 0 aliphatic carbocycles. The Balaban J connectivity index is 1.23. The van der Waals surface area contributed by atoms with Crippen molar-refractivity contribution in [2.24, 2.45) is 0 Å². The minimum Gasteiger partial charge on any atom is -0.356 e. The van der Waals surface area contributed by atoms with E-state index in [9.17, 15) is 13.6 Å². The van der Waals surface area contributed by atoms with Gasteiger partial charge in [0, 0.05) is 32.0 Å². The maximum absolute atomic E-state index is 13.8. The standard InChI is InChI=1S/C24H24F2N4O2/c1-15-11-19-3-2-4-21(30(19)27-15)28-9-7-24(8-10-28)23(31)29-20(5-6-22(29)32-24)16-12-17(25)14-18(26)13-16/h2-4,11-14,20,22H,5-10H2,1H3/t20-,22+/m0/s1. The van der Waals surface area contributed by atoms with Crippen LogP contribution in [0, 0.1) is 18.6 Å². The molecule has 0 N–H and O–H groups in total. The van der Waals surface area contributed by atoms with E-state index < -0.39 is 17.2 Å². The Morgan fingerprint density at radius 3 is 2.56 bits per heavy atom. The van der Waals surface area contributed by atoms with Crippen molar-refractivity contribution in [2.75, 3.05) is 18.0 Å². The Labute approximate surface area is 184 Å². The van der Waals surface area contributed by atoms with E-state index in [-0.39, 0.29) is 18.2 Å². The summed E-state index contributed by atoms with van der Waals surface area (Å²) in [6.07, 6.45) is 2.12. The number of pyridine rings is 1. The highest BCUT2D eigenvalue weighted by atomic mass is 19.1. The first kappa shape index (κ1) is 19.7. The van der Waals surface area contributed by atoms with Crippen LogP contribution in [0.5, 0.6) is 0 Å².